The van der Waals surface area contributed by atoms with Gasteiger partial charge in [-0.1, -0.05) is 17.7 Å². The number of rotatable bonds is 3. The third-order valence-corrected chi connectivity index (χ3v) is 4.05. The molecule has 0 spiro atoms. The van der Waals surface area contributed by atoms with Crippen LogP contribution in [-0.2, 0) is 11.2 Å². The van der Waals surface area contributed by atoms with Gasteiger partial charge in [-0.05, 0) is 29.8 Å². The highest BCUT2D eigenvalue weighted by molar-refractivity contribution is 6.32. The zero-order valence-electron chi connectivity index (χ0n) is 12.6. The minimum absolute atomic E-state index is 0.122. The largest absolute Gasteiger partial charge is 0.352 e. The molecular weight excluding hydrogens is 324 g/mol. The number of pyridine rings is 2. The Morgan fingerprint density at radius 2 is 2.00 bits per heavy atom. The molecule has 0 bridgehead atoms. The van der Waals surface area contributed by atoms with E-state index in [1.807, 2.05) is 24.3 Å². The minimum Gasteiger partial charge on any atom is -0.352 e. The second kappa shape index (κ2) is 5.94. The molecule has 0 radical (unpaired) electrons. The van der Waals surface area contributed by atoms with Gasteiger partial charge in [-0.15, -0.1) is 0 Å². The molecule has 4 aromatic rings. The van der Waals surface area contributed by atoms with Gasteiger partial charge in [-0.3, -0.25) is 14.8 Å². The first-order valence-electron chi connectivity index (χ1n) is 7.44. The van der Waals surface area contributed by atoms with Crippen LogP contribution in [0.15, 0.2) is 55.1 Å². The summed E-state index contributed by atoms with van der Waals surface area (Å²) in [5, 5.41) is 5.47. The van der Waals surface area contributed by atoms with Crippen molar-refractivity contribution in [1.82, 2.24) is 15.0 Å². The monoisotopic (exact) mass is 336 g/mol. The van der Waals surface area contributed by atoms with Crippen LogP contribution in [0.2, 0.25) is 5.02 Å². The molecule has 0 aliphatic carbocycles. The number of nitrogens with zero attached hydrogens (tertiary/aromatic N) is 2. The van der Waals surface area contributed by atoms with Crippen LogP contribution in [0, 0.1) is 0 Å². The van der Waals surface area contributed by atoms with Gasteiger partial charge in [0, 0.05) is 34.4 Å². The number of fused-ring (bicyclic) bond motifs is 3. The van der Waals surface area contributed by atoms with Crippen LogP contribution in [-0.4, -0.2) is 20.9 Å². The quantitative estimate of drug-likeness (QED) is 0.595. The van der Waals surface area contributed by atoms with Crippen molar-refractivity contribution in [2.45, 2.75) is 6.42 Å². The lowest BCUT2D eigenvalue weighted by Gasteiger charge is -2.07. The lowest BCUT2D eigenvalue weighted by atomic mass is 10.1. The number of nitrogens with one attached hydrogen (secondary N) is 2. The summed E-state index contributed by atoms with van der Waals surface area (Å²) < 4.78 is 0. The van der Waals surface area contributed by atoms with E-state index >= 15 is 0 Å². The Labute approximate surface area is 142 Å². The average molecular weight is 337 g/mol. The number of H-pyrrole nitrogens is 1. The van der Waals surface area contributed by atoms with Crippen LogP contribution < -0.4 is 5.32 Å². The third kappa shape index (κ3) is 2.70. The van der Waals surface area contributed by atoms with Crippen molar-refractivity contribution >= 4 is 45.0 Å². The number of aromatic nitrogens is 3. The van der Waals surface area contributed by atoms with Crippen molar-refractivity contribution in [3.8, 4) is 0 Å². The lowest BCUT2D eigenvalue weighted by Crippen LogP contribution is -2.14. The molecule has 3 aromatic heterocycles. The van der Waals surface area contributed by atoms with Gasteiger partial charge >= 0.3 is 0 Å². The molecule has 0 saturated carbocycles. The zero-order valence-corrected chi connectivity index (χ0v) is 13.3. The Hall–Kier alpha value is -2.92. The maximum absolute atomic E-state index is 12.3. The van der Waals surface area contributed by atoms with Crippen LogP contribution in [0.4, 0.5) is 5.69 Å². The maximum Gasteiger partial charge on any atom is 0.228 e. The van der Waals surface area contributed by atoms with Gasteiger partial charge in [0.05, 0.1) is 29.3 Å². The molecule has 0 unspecified atom stereocenters. The van der Waals surface area contributed by atoms with Gasteiger partial charge < -0.3 is 10.3 Å². The minimum atomic E-state index is -0.122. The summed E-state index contributed by atoms with van der Waals surface area (Å²) in [7, 11) is 0. The third-order valence-electron chi connectivity index (χ3n) is 3.84. The van der Waals surface area contributed by atoms with E-state index in [1.54, 1.807) is 30.9 Å². The fourth-order valence-electron chi connectivity index (χ4n) is 2.80. The fourth-order valence-corrected chi connectivity index (χ4v) is 3.02. The first-order chi connectivity index (χ1) is 11.7. The van der Waals surface area contributed by atoms with E-state index in [0.29, 0.717) is 10.7 Å². The topological polar surface area (TPSA) is 70.7 Å². The lowest BCUT2D eigenvalue weighted by molar-refractivity contribution is -0.115. The molecule has 118 valence electrons. The standard InChI is InChI=1S/C18H13ClN4O/c19-12-7-14-13-3-5-21-10-16(13)23-18(14)15(8-12)22-17(24)6-11-2-1-4-20-9-11/h1-5,7-10,23H,6H2,(H,22,24). The van der Waals surface area contributed by atoms with Crippen LogP contribution >= 0.6 is 11.6 Å². The van der Waals surface area contributed by atoms with Crippen molar-refractivity contribution in [3.63, 3.8) is 0 Å². The number of amides is 1. The molecular formula is C18H13ClN4O. The molecule has 4 rings (SSSR count). The molecule has 0 aliphatic rings. The van der Waals surface area contributed by atoms with Gasteiger partial charge in [0.25, 0.3) is 0 Å². The highest BCUT2D eigenvalue weighted by Gasteiger charge is 2.12. The molecule has 24 heavy (non-hydrogen) atoms. The summed E-state index contributed by atoms with van der Waals surface area (Å²) in [6, 6.07) is 9.23. The SMILES string of the molecule is O=C(Cc1cccnc1)Nc1cc(Cl)cc2c1[nH]c1cnccc12. The highest BCUT2D eigenvalue weighted by Crippen LogP contribution is 2.33. The predicted molar refractivity (Wildman–Crippen MR) is 95.2 cm³/mol. The van der Waals surface area contributed by atoms with Crippen LogP contribution in [0.25, 0.3) is 21.8 Å². The van der Waals surface area contributed by atoms with E-state index in [-0.39, 0.29) is 12.3 Å². The molecule has 1 amide bonds. The Kier molecular flexibility index (Phi) is 3.63. The Balaban J connectivity index is 1.72. The number of carbonyl (C=O) groups excluding carboxylic acids is 1. The number of anilines is 1. The van der Waals surface area contributed by atoms with Crippen molar-refractivity contribution in [1.29, 1.82) is 0 Å². The van der Waals surface area contributed by atoms with E-state index in [9.17, 15) is 4.79 Å². The summed E-state index contributed by atoms with van der Waals surface area (Å²) >= 11 is 6.23. The molecule has 0 saturated heterocycles. The molecule has 3 heterocycles. The molecule has 5 nitrogen and oxygen atoms in total. The summed E-state index contributed by atoms with van der Waals surface area (Å²) in [5.41, 5.74) is 3.25. The van der Waals surface area contributed by atoms with Crippen LogP contribution in [0.5, 0.6) is 0 Å². The van der Waals surface area contributed by atoms with Gasteiger partial charge in [0.15, 0.2) is 0 Å². The summed E-state index contributed by atoms with van der Waals surface area (Å²) in [6.45, 7) is 0. The molecule has 0 aliphatic heterocycles. The predicted octanol–water partition coefficient (Wildman–Crippen LogP) is 3.95. The van der Waals surface area contributed by atoms with Gasteiger partial charge in [-0.25, -0.2) is 0 Å². The number of hydrogen-bond donors (Lipinski definition) is 2. The average Bonchev–Trinajstić information content (AvgIpc) is 2.95. The summed E-state index contributed by atoms with van der Waals surface area (Å²) in [4.78, 5) is 23.8. The Morgan fingerprint density at radius 3 is 2.83 bits per heavy atom. The summed E-state index contributed by atoms with van der Waals surface area (Å²) in [5.74, 6) is -0.122. The van der Waals surface area contributed by atoms with E-state index in [2.05, 4.69) is 20.3 Å². The molecule has 2 N–H and O–H groups in total. The molecule has 0 fully saturated rings. The van der Waals surface area contributed by atoms with Crippen molar-refractivity contribution in [2.75, 3.05) is 5.32 Å². The van der Waals surface area contributed by atoms with Crippen LogP contribution in [0.1, 0.15) is 5.56 Å². The van der Waals surface area contributed by atoms with Crippen molar-refractivity contribution in [3.05, 3.63) is 65.7 Å². The van der Waals surface area contributed by atoms with Crippen LogP contribution in [0.3, 0.4) is 0 Å². The number of aromatic amines is 1. The van der Waals surface area contributed by atoms with Crippen molar-refractivity contribution in [2.24, 2.45) is 0 Å². The fraction of sp³-hybridized carbons (Fsp3) is 0.0556. The highest BCUT2D eigenvalue weighted by atomic mass is 35.5. The van der Waals surface area contributed by atoms with Gasteiger partial charge in [0.2, 0.25) is 5.91 Å². The molecule has 6 heteroatoms. The number of hydrogen-bond acceptors (Lipinski definition) is 3. The molecule has 0 atom stereocenters. The number of benzene rings is 1. The van der Waals surface area contributed by atoms with Crippen molar-refractivity contribution < 1.29 is 4.79 Å². The Bertz CT molecular complexity index is 1040. The van der Waals surface area contributed by atoms with E-state index in [1.165, 1.54) is 0 Å². The van der Waals surface area contributed by atoms with E-state index < -0.39 is 0 Å². The first kappa shape index (κ1) is 14.7. The smallest absolute Gasteiger partial charge is 0.228 e. The number of carbonyl (C=O) groups is 1. The number of halogens is 1. The second-order valence-electron chi connectivity index (χ2n) is 5.51. The van der Waals surface area contributed by atoms with E-state index in [4.69, 9.17) is 11.6 Å². The second-order valence-corrected chi connectivity index (χ2v) is 5.94. The molecule has 1 aromatic carbocycles. The van der Waals surface area contributed by atoms with Gasteiger partial charge in [0.1, 0.15) is 0 Å². The van der Waals surface area contributed by atoms with Gasteiger partial charge in [-0.2, -0.15) is 0 Å². The summed E-state index contributed by atoms with van der Waals surface area (Å²) in [6.07, 6.45) is 7.10. The normalized spacial score (nSPS) is 11.0. The zero-order chi connectivity index (χ0) is 16.5. The van der Waals surface area contributed by atoms with E-state index in [0.717, 1.165) is 27.4 Å². The first-order valence-corrected chi connectivity index (χ1v) is 7.82. The Morgan fingerprint density at radius 1 is 1.12 bits per heavy atom. The maximum atomic E-state index is 12.3.